The minimum Gasteiger partial charge on any atom is -0.506 e. The van der Waals surface area contributed by atoms with Gasteiger partial charge in [-0.2, -0.15) is 0 Å². The summed E-state index contributed by atoms with van der Waals surface area (Å²) in [4.78, 5) is 28.7. The monoisotopic (exact) mass is 410 g/mol. The lowest BCUT2D eigenvalue weighted by Gasteiger charge is -2.27. The molecule has 0 radical (unpaired) electrons. The van der Waals surface area contributed by atoms with Crippen molar-refractivity contribution in [2.24, 2.45) is 7.05 Å². The fraction of sp³-hybridized carbons (Fsp3) is 0.364. The van der Waals surface area contributed by atoms with E-state index in [2.05, 4.69) is 25.8 Å². The smallest absolute Gasteiger partial charge is 0.345 e. The van der Waals surface area contributed by atoms with E-state index in [0.29, 0.717) is 17.7 Å². The van der Waals surface area contributed by atoms with Crippen LogP contribution < -0.4 is 10.9 Å². The Bertz CT molecular complexity index is 1170. The Hall–Kier alpha value is -3.10. The molecule has 1 saturated heterocycles. The Morgan fingerprint density at radius 1 is 1.20 bits per heavy atom. The maximum atomic E-state index is 12.3. The van der Waals surface area contributed by atoms with Gasteiger partial charge in [0.2, 0.25) is 0 Å². The standard InChI is InChI=1S/C22H26N4O4/c1-3-16-19(24-21(28)18(20(16)27)22(29)30)13-4-5-17-14(10-13)11-15(25(17)2)12-26-8-6-23-7-9-26/h4-5,10-11,23H,3,6-9,12H2,1-2H3,(H,29,30)(H2,24,27,28). The third-order valence-electron chi connectivity index (χ3n) is 5.88. The van der Waals surface area contributed by atoms with Crippen LogP contribution >= 0.6 is 0 Å². The van der Waals surface area contributed by atoms with Crippen LogP contribution in [0.5, 0.6) is 5.75 Å². The van der Waals surface area contributed by atoms with Crippen molar-refractivity contribution in [2.75, 3.05) is 26.2 Å². The van der Waals surface area contributed by atoms with Crippen molar-refractivity contribution < 1.29 is 15.0 Å². The van der Waals surface area contributed by atoms with E-state index in [1.165, 1.54) is 5.69 Å². The predicted octanol–water partition coefficient (Wildman–Crippen LogP) is 1.90. The fourth-order valence-corrected chi connectivity index (χ4v) is 4.23. The topological polar surface area (TPSA) is 111 Å². The molecular formula is C22H26N4O4. The molecule has 8 heteroatoms. The van der Waals surface area contributed by atoms with Gasteiger partial charge in [-0.25, -0.2) is 4.79 Å². The largest absolute Gasteiger partial charge is 0.506 e. The summed E-state index contributed by atoms with van der Waals surface area (Å²) in [5, 5.41) is 24.1. The van der Waals surface area contributed by atoms with Crippen molar-refractivity contribution >= 4 is 16.9 Å². The van der Waals surface area contributed by atoms with Crippen LogP contribution in [0.1, 0.15) is 28.5 Å². The molecule has 158 valence electrons. The van der Waals surface area contributed by atoms with Gasteiger partial charge in [-0.3, -0.25) is 9.69 Å². The summed E-state index contributed by atoms with van der Waals surface area (Å²) in [6.07, 6.45) is 0.388. The number of hydrogen-bond acceptors (Lipinski definition) is 5. The molecule has 2 aromatic heterocycles. The van der Waals surface area contributed by atoms with Gasteiger partial charge in [-0.1, -0.05) is 13.0 Å². The van der Waals surface area contributed by atoms with Crippen molar-refractivity contribution in [1.29, 1.82) is 0 Å². The van der Waals surface area contributed by atoms with Crippen LogP contribution in [0, 0.1) is 0 Å². The number of H-pyrrole nitrogens is 1. The SMILES string of the molecule is CCc1c(-c2ccc3c(c2)cc(CN2CCNCC2)n3C)[nH]c(=O)c(C(=O)O)c1O. The van der Waals surface area contributed by atoms with E-state index >= 15 is 0 Å². The average Bonchev–Trinajstić information content (AvgIpc) is 3.03. The van der Waals surface area contributed by atoms with Gasteiger partial charge in [0.15, 0.2) is 5.56 Å². The first-order valence-corrected chi connectivity index (χ1v) is 10.1. The number of carboxylic acid groups (broad SMARTS) is 1. The van der Waals surface area contributed by atoms with Crippen molar-refractivity contribution in [3.05, 3.63) is 51.4 Å². The number of aromatic nitrogens is 2. The molecule has 3 aromatic rings. The number of aryl methyl sites for hydroxylation is 1. The Morgan fingerprint density at radius 3 is 2.60 bits per heavy atom. The summed E-state index contributed by atoms with van der Waals surface area (Å²) in [7, 11) is 2.05. The number of piperazine rings is 1. The maximum Gasteiger partial charge on any atom is 0.345 e. The average molecular weight is 410 g/mol. The number of nitrogens with zero attached hydrogens (tertiary/aromatic N) is 2. The van der Waals surface area contributed by atoms with Gasteiger partial charge in [0.25, 0.3) is 5.56 Å². The highest BCUT2D eigenvalue weighted by atomic mass is 16.4. The highest BCUT2D eigenvalue weighted by Crippen LogP contribution is 2.32. The molecular weight excluding hydrogens is 384 g/mol. The number of aromatic hydroxyl groups is 1. The van der Waals surface area contributed by atoms with Crippen LogP contribution in [0.15, 0.2) is 29.1 Å². The zero-order valence-electron chi connectivity index (χ0n) is 17.2. The third-order valence-corrected chi connectivity index (χ3v) is 5.88. The van der Waals surface area contributed by atoms with E-state index in [0.717, 1.165) is 49.2 Å². The fourth-order valence-electron chi connectivity index (χ4n) is 4.23. The molecule has 1 aliphatic heterocycles. The number of rotatable bonds is 5. The number of carbonyl (C=O) groups is 1. The van der Waals surface area contributed by atoms with Crippen LogP contribution in [0.2, 0.25) is 0 Å². The van der Waals surface area contributed by atoms with Crippen LogP contribution in [-0.4, -0.2) is 56.8 Å². The summed E-state index contributed by atoms with van der Waals surface area (Å²) in [6.45, 7) is 6.71. The van der Waals surface area contributed by atoms with E-state index < -0.39 is 22.8 Å². The summed E-state index contributed by atoms with van der Waals surface area (Å²) in [5.74, 6) is -1.90. The number of hydrogen-bond donors (Lipinski definition) is 4. The van der Waals surface area contributed by atoms with Gasteiger partial charge in [-0.05, 0) is 30.2 Å². The Labute approximate surface area is 173 Å². The van der Waals surface area contributed by atoms with Crippen LogP contribution in [0.3, 0.4) is 0 Å². The molecule has 0 amide bonds. The lowest BCUT2D eigenvalue weighted by Crippen LogP contribution is -2.43. The highest BCUT2D eigenvalue weighted by molar-refractivity contribution is 5.92. The number of pyridine rings is 1. The van der Waals surface area contributed by atoms with E-state index in [-0.39, 0.29) is 0 Å². The molecule has 3 heterocycles. The minimum absolute atomic E-state index is 0.388. The van der Waals surface area contributed by atoms with Gasteiger partial charge in [0, 0.05) is 61.9 Å². The lowest BCUT2D eigenvalue weighted by molar-refractivity contribution is 0.0691. The molecule has 0 unspecified atom stereocenters. The number of nitrogens with one attached hydrogen (secondary N) is 2. The molecule has 8 nitrogen and oxygen atoms in total. The van der Waals surface area contributed by atoms with E-state index in [9.17, 15) is 19.8 Å². The van der Waals surface area contributed by atoms with E-state index in [1.54, 1.807) is 0 Å². The van der Waals surface area contributed by atoms with E-state index in [4.69, 9.17) is 0 Å². The first-order chi connectivity index (χ1) is 14.4. The van der Waals surface area contributed by atoms with Crippen molar-refractivity contribution in [3.63, 3.8) is 0 Å². The summed E-state index contributed by atoms with van der Waals surface area (Å²) >= 11 is 0. The highest BCUT2D eigenvalue weighted by Gasteiger charge is 2.22. The first kappa shape index (κ1) is 20.2. The molecule has 30 heavy (non-hydrogen) atoms. The van der Waals surface area contributed by atoms with Gasteiger partial charge in [0.1, 0.15) is 5.75 Å². The number of aromatic amines is 1. The number of fused-ring (bicyclic) bond motifs is 1. The Kier molecular flexibility index (Phi) is 5.36. The lowest BCUT2D eigenvalue weighted by atomic mass is 9.99. The minimum atomic E-state index is -1.44. The van der Waals surface area contributed by atoms with Gasteiger partial charge < -0.3 is 25.1 Å². The molecule has 4 rings (SSSR count). The molecule has 1 fully saturated rings. The Balaban J connectivity index is 1.77. The van der Waals surface area contributed by atoms with Crippen LogP contribution in [-0.2, 0) is 20.0 Å². The van der Waals surface area contributed by atoms with Gasteiger partial charge >= 0.3 is 5.97 Å². The predicted molar refractivity (Wildman–Crippen MR) is 115 cm³/mol. The van der Waals surface area contributed by atoms with Crippen LogP contribution in [0.25, 0.3) is 22.2 Å². The zero-order valence-corrected chi connectivity index (χ0v) is 17.2. The molecule has 1 aliphatic rings. The van der Waals surface area contributed by atoms with Crippen molar-refractivity contribution in [3.8, 4) is 17.0 Å². The zero-order chi connectivity index (χ0) is 21.4. The van der Waals surface area contributed by atoms with Crippen molar-refractivity contribution in [2.45, 2.75) is 19.9 Å². The van der Waals surface area contributed by atoms with Gasteiger partial charge in [-0.15, -0.1) is 0 Å². The van der Waals surface area contributed by atoms with Crippen LogP contribution in [0.4, 0.5) is 0 Å². The molecule has 0 bridgehead atoms. The summed E-state index contributed by atoms with van der Waals surface area (Å²) in [6, 6.07) is 8.00. The maximum absolute atomic E-state index is 12.3. The second-order valence-corrected chi connectivity index (χ2v) is 7.68. The molecule has 1 aromatic carbocycles. The summed E-state index contributed by atoms with van der Waals surface area (Å²) < 4.78 is 2.18. The summed E-state index contributed by atoms with van der Waals surface area (Å²) in [5.41, 5.74) is 2.48. The van der Waals surface area contributed by atoms with Crippen molar-refractivity contribution in [1.82, 2.24) is 19.8 Å². The molecule has 0 aliphatic carbocycles. The first-order valence-electron chi connectivity index (χ1n) is 10.1. The number of benzene rings is 1. The quantitative estimate of drug-likeness (QED) is 0.511. The normalized spacial score (nSPS) is 15.0. The molecule has 0 saturated carbocycles. The molecule has 0 spiro atoms. The molecule has 0 atom stereocenters. The second kappa shape index (κ2) is 7.97. The number of aromatic carboxylic acids is 1. The number of carboxylic acids is 1. The van der Waals surface area contributed by atoms with E-state index in [1.807, 2.05) is 32.2 Å². The second-order valence-electron chi connectivity index (χ2n) is 7.68. The molecule has 4 N–H and O–H groups in total. The third kappa shape index (κ3) is 3.48. The van der Waals surface area contributed by atoms with Gasteiger partial charge in [0.05, 0.1) is 5.69 Å². The Morgan fingerprint density at radius 2 is 1.93 bits per heavy atom.